The van der Waals surface area contributed by atoms with Crippen LogP contribution in [0.15, 0.2) is 12.3 Å². The van der Waals surface area contributed by atoms with E-state index >= 15 is 0 Å². The molecule has 0 saturated heterocycles. The average molecular weight is 215 g/mol. The molecule has 0 saturated carbocycles. The normalized spacial score (nSPS) is 8.44. The summed E-state index contributed by atoms with van der Waals surface area (Å²) in [4.78, 5) is 23.5. The minimum absolute atomic E-state index is 0.0494. The van der Waals surface area contributed by atoms with Crippen LogP contribution in [0.5, 0.6) is 0 Å². The molecule has 0 bridgehead atoms. The van der Waals surface area contributed by atoms with E-state index in [4.69, 9.17) is 5.26 Å². The van der Waals surface area contributed by atoms with Crippen molar-refractivity contribution in [2.45, 2.75) is 6.42 Å². The number of hydrogen-bond donors (Lipinski definition) is 0. The molecule has 0 radical (unpaired) electrons. The molecule has 0 spiro atoms. The van der Waals surface area contributed by atoms with E-state index in [0.29, 0.717) is 11.8 Å². The van der Waals surface area contributed by atoms with Gasteiger partial charge in [0.1, 0.15) is 12.4 Å². The summed E-state index contributed by atoms with van der Waals surface area (Å²) in [7, 11) is 0. The van der Waals surface area contributed by atoms with E-state index < -0.39 is 4.92 Å². The molecule has 1 heterocycles. The molecule has 0 aromatic carbocycles. The summed E-state index contributed by atoms with van der Waals surface area (Å²) in [5.74, 6) is 5.03. The van der Waals surface area contributed by atoms with E-state index in [9.17, 15) is 14.9 Å². The third-order valence-corrected chi connectivity index (χ3v) is 1.59. The first-order valence-electron chi connectivity index (χ1n) is 4.16. The first kappa shape index (κ1) is 11.3. The zero-order valence-electron chi connectivity index (χ0n) is 8.01. The Morgan fingerprint density at radius 3 is 2.94 bits per heavy atom. The van der Waals surface area contributed by atoms with Gasteiger partial charge in [-0.1, -0.05) is 11.8 Å². The van der Waals surface area contributed by atoms with Gasteiger partial charge in [0.2, 0.25) is 5.69 Å². The zero-order valence-corrected chi connectivity index (χ0v) is 8.01. The Bertz CT molecular complexity index is 534. The van der Waals surface area contributed by atoms with Crippen LogP contribution in [0.4, 0.5) is 5.69 Å². The minimum Gasteiger partial charge on any atom is -0.302 e. The maximum atomic E-state index is 10.6. The predicted molar refractivity (Wildman–Crippen MR) is 53.2 cm³/mol. The lowest BCUT2D eigenvalue weighted by Crippen LogP contribution is -1.95. The summed E-state index contributed by atoms with van der Waals surface area (Å²) in [5.41, 5.74) is -0.348. The van der Waals surface area contributed by atoms with Crippen LogP contribution in [0.1, 0.15) is 17.7 Å². The highest BCUT2D eigenvalue weighted by Gasteiger charge is 2.14. The fourth-order valence-corrected chi connectivity index (χ4v) is 0.942. The van der Waals surface area contributed by atoms with Gasteiger partial charge in [-0.25, -0.2) is 4.98 Å². The van der Waals surface area contributed by atoms with Crippen LogP contribution < -0.4 is 0 Å². The molecule has 6 heteroatoms. The number of rotatable bonds is 2. The molecule has 0 fully saturated rings. The van der Waals surface area contributed by atoms with Crippen LogP contribution in [-0.4, -0.2) is 16.2 Å². The van der Waals surface area contributed by atoms with Crippen molar-refractivity contribution < 1.29 is 9.72 Å². The average Bonchev–Trinajstić information content (AvgIpc) is 2.29. The summed E-state index contributed by atoms with van der Waals surface area (Å²) in [6.45, 7) is 0. The number of hydrogen-bond acceptors (Lipinski definition) is 5. The molecule has 16 heavy (non-hydrogen) atoms. The van der Waals surface area contributed by atoms with E-state index in [0.717, 1.165) is 6.07 Å². The van der Waals surface area contributed by atoms with Crippen molar-refractivity contribution in [3.05, 3.63) is 33.6 Å². The van der Waals surface area contributed by atoms with Crippen molar-refractivity contribution in [2.24, 2.45) is 0 Å². The lowest BCUT2D eigenvalue weighted by molar-refractivity contribution is -0.385. The van der Waals surface area contributed by atoms with Gasteiger partial charge in [-0.15, -0.1) is 0 Å². The number of aldehydes is 1. The first-order chi connectivity index (χ1) is 7.69. The standard InChI is InChI=1S/C10H5N3O3/c11-6-9-10(13(15)16)5-8(7-12-9)3-1-2-4-14/h4-5,7H,2H2. The quantitative estimate of drug-likeness (QED) is 0.314. The molecule has 1 aromatic heterocycles. The smallest absolute Gasteiger partial charge is 0.302 e. The Morgan fingerprint density at radius 1 is 1.62 bits per heavy atom. The Kier molecular flexibility index (Phi) is 3.71. The second kappa shape index (κ2) is 5.23. The molecular weight excluding hydrogens is 210 g/mol. The Morgan fingerprint density at radius 2 is 2.38 bits per heavy atom. The highest BCUT2D eigenvalue weighted by atomic mass is 16.6. The summed E-state index contributed by atoms with van der Waals surface area (Å²) < 4.78 is 0. The highest BCUT2D eigenvalue weighted by Crippen LogP contribution is 2.16. The van der Waals surface area contributed by atoms with Crippen LogP contribution in [-0.2, 0) is 4.79 Å². The molecule has 1 rings (SSSR count). The van der Waals surface area contributed by atoms with E-state index in [1.165, 1.54) is 6.20 Å². The third-order valence-electron chi connectivity index (χ3n) is 1.59. The van der Waals surface area contributed by atoms with Crippen molar-refractivity contribution in [1.82, 2.24) is 4.98 Å². The Labute approximate surface area is 90.7 Å². The SMILES string of the molecule is N#Cc1ncc(C#CCC=O)cc1[N+](=O)[O-]. The van der Waals surface area contributed by atoms with Gasteiger partial charge >= 0.3 is 5.69 Å². The van der Waals surface area contributed by atoms with Crippen LogP contribution >= 0.6 is 0 Å². The largest absolute Gasteiger partial charge is 0.306 e. The maximum Gasteiger partial charge on any atom is 0.306 e. The number of nitriles is 1. The van der Waals surface area contributed by atoms with E-state index in [-0.39, 0.29) is 17.8 Å². The zero-order chi connectivity index (χ0) is 12.0. The molecule has 0 atom stereocenters. The topological polar surface area (TPSA) is 96.9 Å². The van der Waals surface area contributed by atoms with Crippen LogP contribution in [0.3, 0.4) is 0 Å². The number of carbonyl (C=O) groups excluding carboxylic acids is 1. The van der Waals surface area contributed by atoms with Crippen molar-refractivity contribution in [2.75, 3.05) is 0 Å². The molecule has 0 aliphatic carbocycles. The number of carbonyl (C=O) groups is 1. The summed E-state index contributed by atoms with van der Waals surface area (Å²) in [6, 6.07) is 2.77. The Balaban J connectivity index is 3.14. The van der Waals surface area contributed by atoms with Gasteiger partial charge in [-0.2, -0.15) is 5.26 Å². The lowest BCUT2D eigenvalue weighted by Gasteiger charge is -1.94. The third kappa shape index (κ3) is 2.63. The summed E-state index contributed by atoms with van der Waals surface area (Å²) in [5, 5.41) is 19.1. The minimum atomic E-state index is -0.698. The fraction of sp³-hybridized carbons (Fsp3) is 0.100. The molecule has 1 aromatic rings. The molecule has 78 valence electrons. The molecule has 0 amide bonds. The second-order valence-electron chi connectivity index (χ2n) is 2.63. The number of pyridine rings is 1. The van der Waals surface area contributed by atoms with Gasteiger partial charge in [-0.05, 0) is 0 Å². The van der Waals surface area contributed by atoms with Gasteiger partial charge in [0.15, 0.2) is 0 Å². The van der Waals surface area contributed by atoms with Crippen LogP contribution in [0, 0.1) is 33.3 Å². The van der Waals surface area contributed by atoms with Gasteiger partial charge in [-0.3, -0.25) is 10.1 Å². The highest BCUT2D eigenvalue weighted by molar-refractivity contribution is 5.55. The van der Waals surface area contributed by atoms with E-state index in [1.807, 2.05) is 0 Å². The van der Waals surface area contributed by atoms with Crippen LogP contribution in [0.25, 0.3) is 0 Å². The molecule has 0 unspecified atom stereocenters. The predicted octanol–water partition coefficient (Wildman–Crippen LogP) is 0.802. The van der Waals surface area contributed by atoms with Gasteiger partial charge in [0, 0.05) is 17.8 Å². The molecular formula is C10H5N3O3. The number of nitrogens with zero attached hydrogens (tertiary/aromatic N) is 3. The van der Waals surface area contributed by atoms with E-state index in [1.54, 1.807) is 6.07 Å². The molecule has 6 nitrogen and oxygen atoms in total. The van der Waals surface area contributed by atoms with Gasteiger partial charge in [0.05, 0.1) is 11.3 Å². The first-order valence-corrected chi connectivity index (χ1v) is 4.16. The molecule has 0 aliphatic heterocycles. The number of nitro groups is 1. The van der Waals surface area contributed by atoms with Gasteiger partial charge < -0.3 is 4.79 Å². The number of aromatic nitrogens is 1. The van der Waals surface area contributed by atoms with Crippen molar-refractivity contribution in [3.8, 4) is 17.9 Å². The monoisotopic (exact) mass is 215 g/mol. The summed E-state index contributed by atoms with van der Waals surface area (Å²) >= 11 is 0. The lowest BCUT2D eigenvalue weighted by atomic mass is 10.2. The maximum absolute atomic E-state index is 10.6. The molecule has 0 aliphatic rings. The van der Waals surface area contributed by atoms with Crippen molar-refractivity contribution in [3.63, 3.8) is 0 Å². The Hall–Kier alpha value is -2.73. The second-order valence-corrected chi connectivity index (χ2v) is 2.63. The van der Waals surface area contributed by atoms with Crippen molar-refractivity contribution in [1.29, 1.82) is 5.26 Å². The fourth-order valence-electron chi connectivity index (χ4n) is 0.942. The van der Waals surface area contributed by atoms with Crippen LogP contribution in [0.2, 0.25) is 0 Å². The van der Waals surface area contributed by atoms with E-state index in [2.05, 4.69) is 16.8 Å². The summed E-state index contributed by atoms with van der Waals surface area (Å²) in [6.07, 6.45) is 1.93. The molecule has 0 N–H and O–H groups in total. The van der Waals surface area contributed by atoms with Crippen molar-refractivity contribution >= 4 is 12.0 Å². The van der Waals surface area contributed by atoms with Gasteiger partial charge in [0.25, 0.3) is 0 Å².